The minimum atomic E-state index is -1.15. The molecule has 0 fully saturated rings. The van der Waals surface area contributed by atoms with Crippen molar-refractivity contribution < 1.29 is 23.8 Å². The second-order valence-electron chi connectivity index (χ2n) is 6.04. The summed E-state index contributed by atoms with van der Waals surface area (Å²) in [6.45, 7) is 0. The first kappa shape index (κ1) is 19.4. The summed E-state index contributed by atoms with van der Waals surface area (Å²) < 4.78 is 17.3. The van der Waals surface area contributed by atoms with E-state index in [1.165, 1.54) is 17.7 Å². The van der Waals surface area contributed by atoms with Gasteiger partial charge in [0.1, 0.15) is 22.7 Å². The molecule has 0 bridgehead atoms. The number of rotatable bonds is 7. The number of thiophene rings is 1. The molecule has 0 spiro atoms. The molecule has 0 radical (unpaired) electrons. The average Bonchev–Trinajstić information content (AvgIpc) is 3.36. The summed E-state index contributed by atoms with van der Waals surface area (Å²) in [5, 5.41) is 10.3. The van der Waals surface area contributed by atoms with E-state index in [-0.39, 0.29) is 12.3 Å². The molecule has 0 aliphatic carbocycles. The van der Waals surface area contributed by atoms with Crippen molar-refractivity contribution in [1.82, 2.24) is 9.97 Å². The molecule has 0 aliphatic rings. The molecule has 0 amide bonds. The Morgan fingerprint density at radius 2 is 2.10 bits per heavy atom. The number of carbonyl (C=O) groups is 1. The number of fused-ring (bicyclic) bond motifs is 1. The van der Waals surface area contributed by atoms with Crippen LogP contribution >= 0.6 is 27.3 Å². The van der Waals surface area contributed by atoms with Crippen molar-refractivity contribution in [2.24, 2.45) is 0 Å². The first-order valence-electron chi connectivity index (χ1n) is 8.56. The van der Waals surface area contributed by atoms with Crippen molar-refractivity contribution in [2.45, 2.75) is 12.5 Å². The maximum Gasteiger partial charge on any atom is 0.345 e. The number of halogens is 1. The van der Waals surface area contributed by atoms with Crippen LogP contribution in [0, 0.1) is 0 Å². The molecule has 0 saturated carbocycles. The lowest BCUT2D eigenvalue weighted by Gasteiger charge is -2.16. The highest BCUT2D eigenvalue weighted by Crippen LogP contribution is 2.44. The van der Waals surface area contributed by atoms with Crippen LogP contribution in [0.15, 0.2) is 57.9 Å². The molecule has 0 unspecified atom stereocenters. The summed E-state index contributed by atoms with van der Waals surface area (Å²) in [7, 11) is 1.54. The topological polar surface area (TPSA) is 94.7 Å². The fourth-order valence-electron chi connectivity index (χ4n) is 2.92. The van der Waals surface area contributed by atoms with E-state index in [1.807, 2.05) is 24.3 Å². The number of aliphatic carboxylic acids is 1. The monoisotopic (exact) mass is 474 g/mol. The smallest absolute Gasteiger partial charge is 0.345 e. The molecule has 7 nitrogen and oxygen atoms in total. The molecule has 1 aromatic carbocycles. The summed E-state index contributed by atoms with van der Waals surface area (Å²) in [6, 6.07) is 10.9. The number of methoxy groups -OCH3 is 1. The van der Waals surface area contributed by atoms with Gasteiger partial charge in [-0.1, -0.05) is 18.2 Å². The molecular formula is C20H15BrN2O5S. The van der Waals surface area contributed by atoms with Crippen molar-refractivity contribution in [2.75, 3.05) is 7.11 Å². The number of para-hydroxylation sites is 1. The fourth-order valence-corrected chi connectivity index (χ4v) is 4.84. The molecule has 3 aromatic heterocycles. The number of hydrogen-bond donors (Lipinski definition) is 1. The van der Waals surface area contributed by atoms with Gasteiger partial charge in [0.25, 0.3) is 0 Å². The van der Waals surface area contributed by atoms with E-state index in [9.17, 15) is 9.90 Å². The largest absolute Gasteiger partial charge is 0.496 e. The quantitative estimate of drug-likeness (QED) is 0.411. The van der Waals surface area contributed by atoms with Gasteiger partial charge in [0.05, 0.1) is 28.1 Å². The number of ether oxygens (including phenoxy) is 2. The third-order valence-corrected chi connectivity index (χ3v) is 6.44. The third-order valence-electron chi connectivity index (χ3n) is 4.27. The first-order valence-corrected chi connectivity index (χ1v) is 10.2. The van der Waals surface area contributed by atoms with Gasteiger partial charge in [0, 0.05) is 6.42 Å². The Morgan fingerprint density at radius 3 is 2.83 bits per heavy atom. The van der Waals surface area contributed by atoms with E-state index in [4.69, 9.17) is 13.9 Å². The Kier molecular flexibility index (Phi) is 5.50. The summed E-state index contributed by atoms with van der Waals surface area (Å²) in [5.74, 6) is 0.375. The molecule has 148 valence electrons. The zero-order chi connectivity index (χ0) is 20.4. The lowest BCUT2D eigenvalue weighted by molar-refractivity contribution is -0.145. The van der Waals surface area contributed by atoms with Crippen LogP contribution in [0.25, 0.3) is 20.9 Å². The van der Waals surface area contributed by atoms with Gasteiger partial charge in [-0.25, -0.2) is 14.8 Å². The SMILES string of the molecule is COc1ccccc1C[C@@H](Oc1ncnc2sc(-c3ccco3)c(Br)c12)C(=O)O. The highest BCUT2D eigenvalue weighted by atomic mass is 79.9. The number of benzene rings is 1. The summed E-state index contributed by atoms with van der Waals surface area (Å²) >= 11 is 4.97. The Balaban J connectivity index is 1.71. The second-order valence-corrected chi connectivity index (χ2v) is 7.83. The van der Waals surface area contributed by atoms with Crippen LogP contribution in [-0.2, 0) is 11.2 Å². The first-order chi connectivity index (χ1) is 14.1. The van der Waals surface area contributed by atoms with Gasteiger partial charge in [-0.05, 0) is 39.7 Å². The lowest BCUT2D eigenvalue weighted by atomic mass is 10.1. The van der Waals surface area contributed by atoms with E-state index < -0.39 is 12.1 Å². The average molecular weight is 475 g/mol. The van der Waals surface area contributed by atoms with Crippen molar-refractivity contribution >= 4 is 43.5 Å². The maximum atomic E-state index is 11.9. The van der Waals surface area contributed by atoms with Crippen LogP contribution in [0.2, 0.25) is 0 Å². The molecule has 4 rings (SSSR count). The van der Waals surface area contributed by atoms with E-state index in [0.29, 0.717) is 26.2 Å². The van der Waals surface area contributed by atoms with Gasteiger partial charge in [-0.15, -0.1) is 11.3 Å². The van der Waals surface area contributed by atoms with Crippen LogP contribution in [0.3, 0.4) is 0 Å². The number of carboxylic acids is 1. The van der Waals surface area contributed by atoms with Crippen LogP contribution < -0.4 is 9.47 Å². The van der Waals surface area contributed by atoms with E-state index in [1.54, 1.807) is 25.5 Å². The number of aromatic nitrogens is 2. The predicted octanol–water partition coefficient (Wildman–Crippen LogP) is 4.80. The normalized spacial score (nSPS) is 12.1. The van der Waals surface area contributed by atoms with Crippen LogP contribution in [0.5, 0.6) is 11.6 Å². The van der Waals surface area contributed by atoms with Gasteiger partial charge < -0.3 is 19.0 Å². The van der Waals surface area contributed by atoms with Gasteiger partial charge in [-0.2, -0.15) is 0 Å². The molecule has 0 saturated heterocycles. The van der Waals surface area contributed by atoms with Gasteiger partial charge in [0.15, 0.2) is 0 Å². The summed E-state index contributed by atoms with van der Waals surface area (Å²) in [4.78, 5) is 21.8. The van der Waals surface area contributed by atoms with Gasteiger partial charge in [0.2, 0.25) is 12.0 Å². The minimum Gasteiger partial charge on any atom is -0.496 e. The van der Waals surface area contributed by atoms with E-state index in [2.05, 4.69) is 25.9 Å². The molecule has 29 heavy (non-hydrogen) atoms. The molecule has 1 atom stereocenters. The number of carboxylic acid groups (broad SMARTS) is 1. The lowest BCUT2D eigenvalue weighted by Crippen LogP contribution is -2.30. The van der Waals surface area contributed by atoms with Crippen molar-refractivity contribution in [3.8, 4) is 22.3 Å². The highest BCUT2D eigenvalue weighted by molar-refractivity contribution is 9.10. The highest BCUT2D eigenvalue weighted by Gasteiger charge is 2.26. The number of nitrogens with zero attached hydrogens (tertiary/aromatic N) is 2. The number of hydrogen-bond acceptors (Lipinski definition) is 7. The van der Waals surface area contributed by atoms with Crippen LogP contribution in [0.1, 0.15) is 5.56 Å². The van der Waals surface area contributed by atoms with Crippen LogP contribution in [0.4, 0.5) is 0 Å². The Morgan fingerprint density at radius 1 is 1.28 bits per heavy atom. The van der Waals surface area contributed by atoms with Gasteiger partial charge >= 0.3 is 5.97 Å². The Bertz CT molecular complexity index is 1160. The predicted molar refractivity (Wildman–Crippen MR) is 112 cm³/mol. The van der Waals surface area contributed by atoms with Crippen molar-refractivity contribution in [3.05, 3.63) is 59.0 Å². The van der Waals surface area contributed by atoms with Crippen molar-refractivity contribution in [1.29, 1.82) is 0 Å². The second kappa shape index (κ2) is 8.22. The van der Waals surface area contributed by atoms with Crippen LogP contribution in [-0.4, -0.2) is 34.3 Å². The Labute approximate surface area is 178 Å². The summed E-state index contributed by atoms with van der Waals surface area (Å²) in [6.07, 6.45) is 1.91. The van der Waals surface area contributed by atoms with Gasteiger partial charge in [-0.3, -0.25) is 0 Å². The zero-order valence-electron chi connectivity index (χ0n) is 15.2. The number of furan rings is 1. The standard InChI is InChI=1S/C20H15BrN2O5S/c1-26-12-6-3-2-5-11(12)9-14(20(24)25)28-18-15-16(21)17(13-7-4-8-27-13)29-19(15)23-10-22-18/h2-8,10,14H,9H2,1H3,(H,24,25)/t14-/m1/s1. The molecule has 0 aliphatic heterocycles. The molecule has 1 N–H and O–H groups in total. The van der Waals surface area contributed by atoms with Crippen molar-refractivity contribution in [3.63, 3.8) is 0 Å². The minimum absolute atomic E-state index is 0.123. The Hall–Kier alpha value is -2.91. The molecular weight excluding hydrogens is 460 g/mol. The zero-order valence-corrected chi connectivity index (χ0v) is 17.6. The summed E-state index contributed by atoms with van der Waals surface area (Å²) in [5.41, 5.74) is 0.730. The maximum absolute atomic E-state index is 11.9. The third kappa shape index (κ3) is 3.83. The van der Waals surface area contributed by atoms with E-state index >= 15 is 0 Å². The van der Waals surface area contributed by atoms with E-state index in [0.717, 1.165) is 10.4 Å². The molecule has 4 aromatic rings. The molecule has 9 heteroatoms. The molecule has 3 heterocycles. The fraction of sp³-hybridized carbons (Fsp3) is 0.150.